The highest BCUT2D eigenvalue weighted by Crippen LogP contribution is 2.47. The molecule has 0 aliphatic carbocycles. The summed E-state index contributed by atoms with van der Waals surface area (Å²) in [5, 5.41) is 20.1. The van der Waals surface area contributed by atoms with Gasteiger partial charge in [-0.05, 0) is 73.0 Å². The Hall–Kier alpha value is -3.49. The molecule has 178 valence electrons. The molecule has 0 amide bonds. The molecule has 7 nitrogen and oxygen atoms in total. The van der Waals surface area contributed by atoms with E-state index >= 15 is 0 Å². The van der Waals surface area contributed by atoms with Crippen molar-refractivity contribution >= 4 is 21.2 Å². The van der Waals surface area contributed by atoms with Gasteiger partial charge < -0.3 is 19.7 Å². The molecular formula is C26H27NO6S. The number of fused-ring (bicyclic) bond motifs is 1. The largest absolute Gasteiger partial charge is 0.508 e. The zero-order chi connectivity index (χ0) is 24.5. The van der Waals surface area contributed by atoms with Gasteiger partial charge in [0.2, 0.25) is 10.0 Å². The van der Waals surface area contributed by atoms with E-state index in [1.54, 1.807) is 43.3 Å². The van der Waals surface area contributed by atoms with E-state index in [9.17, 15) is 18.6 Å². The summed E-state index contributed by atoms with van der Waals surface area (Å²) < 4.78 is 37.3. The molecule has 3 aromatic carbocycles. The zero-order valence-corrected chi connectivity index (χ0v) is 20.0. The Balaban J connectivity index is 1.65. The van der Waals surface area contributed by atoms with Crippen LogP contribution in [0.15, 0.2) is 66.7 Å². The summed E-state index contributed by atoms with van der Waals surface area (Å²) >= 11 is 0. The Labute approximate surface area is 199 Å². The molecule has 0 radical (unpaired) electrons. The number of hydrogen-bond acceptors (Lipinski definition) is 6. The van der Waals surface area contributed by atoms with Crippen LogP contribution in [0.2, 0.25) is 0 Å². The van der Waals surface area contributed by atoms with E-state index < -0.39 is 16.1 Å². The highest BCUT2D eigenvalue weighted by Gasteiger charge is 2.29. The van der Waals surface area contributed by atoms with Crippen LogP contribution in [0, 0.1) is 0 Å². The van der Waals surface area contributed by atoms with Gasteiger partial charge in [-0.1, -0.05) is 24.3 Å². The molecule has 0 spiro atoms. The van der Waals surface area contributed by atoms with Crippen molar-refractivity contribution in [2.75, 3.05) is 12.9 Å². The first-order chi connectivity index (χ1) is 16.1. The molecule has 4 rings (SSSR count). The number of rotatable bonds is 7. The van der Waals surface area contributed by atoms with E-state index in [-0.39, 0.29) is 24.1 Å². The lowest BCUT2D eigenvalue weighted by Crippen LogP contribution is -2.35. The van der Waals surface area contributed by atoms with E-state index in [2.05, 4.69) is 4.72 Å². The topological polar surface area (TPSA) is 105 Å². The van der Waals surface area contributed by atoms with E-state index in [1.165, 1.54) is 0 Å². The molecule has 0 bridgehead atoms. The second-order valence-corrected chi connectivity index (χ2v) is 10.2. The van der Waals surface area contributed by atoms with Crippen molar-refractivity contribution in [3.8, 4) is 23.0 Å². The Morgan fingerprint density at radius 1 is 1.03 bits per heavy atom. The second-order valence-electron chi connectivity index (χ2n) is 8.44. The highest BCUT2D eigenvalue weighted by atomic mass is 32.2. The number of ether oxygens (including phenoxy) is 2. The van der Waals surface area contributed by atoms with Crippen molar-refractivity contribution in [2.45, 2.75) is 26.0 Å². The smallest absolute Gasteiger partial charge is 0.209 e. The fourth-order valence-corrected chi connectivity index (χ4v) is 4.88. The van der Waals surface area contributed by atoms with E-state index in [4.69, 9.17) is 9.47 Å². The number of benzene rings is 3. The molecular weight excluding hydrogens is 454 g/mol. The first-order valence-corrected chi connectivity index (χ1v) is 12.7. The number of phenols is 2. The molecule has 1 aliphatic rings. The summed E-state index contributed by atoms with van der Waals surface area (Å²) in [5.74, 6) is 1.56. The van der Waals surface area contributed by atoms with Crippen LogP contribution in [0.3, 0.4) is 0 Å². The number of sulfonamides is 1. The molecule has 0 saturated carbocycles. The predicted molar refractivity (Wildman–Crippen MR) is 131 cm³/mol. The summed E-state index contributed by atoms with van der Waals surface area (Å²) in [4.78, 5) is 0. The van der Waals surface area contributed by atoms with Crippen molar-refractivity contribution in [1.82, 2.24) is 4.72 Å². The third-order valence-electron chi connectivity index (χ3n) is 5.53. The van der Waals surface area contributed by atoms with Crippen molar-refractivity contribution in [1.29, 1.82) is 0 Å². The van der Waals surface area contributed by atoms with Gasteiger partial charge in [-0.25, -0.2) is 13.1 Å². The van der Waals surface area contributed by atoms with E-state index in [1.807, 2.05) is 37.3 Å². The third kappa shape index (κ3) is 5.35. The fourth-order valence-electron chi connectivity index (χ4n) is 4.08. The van der Waals surface area contributed by atoms with E-state index in [0.717, 1.165) is 34.1 Å². The molecule has 3 aromatic rings. The highest BCUT2D eigenvalue weighted by molar-refractivity contribution is 7.88. The van der Waals surface area contributed by atoms with E-state index in [0.29, 0.717) is 11.5 Å². The number of phenolic OH excluding ortho intramolecular Hbond substituents is 2. The van der Waals surface area contributed by atoms with Crippen LogP contribution in [0.25, 0.3) is 11.1 Å². The Morgan fingerprint density at radius 2 is 1.74 bits per heavy atom. The summed E-state index contributed by atoms with van der Waals surface area (Å²) in [7, 11) is -3.30. The lowest BCUT2D eigenvalue weighted by molar-refractivity contribution is 0.259. The standard InChI is InChI=1S/C26H27NO6S/c1-16(27-34(3,30)31)15-32-22-10-7-18(8-11-22)26-25(19-5-4-6-20(28)13-19)17(2)23-14-21(29)9-12-24(23)33-26/h4-14,16,26-29H,15H2,1-3H3/t16-,26?/m0/s1. The predicted octanol–water partition coefficient (Wildman–Crippen LogP) is 4.48. The second kappa shape index (κ2) is 9.40. The maximum Gasteiger partial charge on any atom is 0.209 e. The summed E-state index contributed by atoms with van der Waals surface area (Å²) in [6.07, 6.45) is 0.667. The summed E-state index contributed by atoms with van der Waals surface area (Å²) in [6, 6.07) is 19.1. The van der Waals surface area contributed by atoms with Gasteiger partial charge in [-0.3, -0.25) is 0 Å². The van der Waals surface area contributed by atoms with Gasteiger partial charge >= 0.3 is 0 Å². The summed E-state index contributed by atoms with van der Waals surface area (Å²) in [6.45, 7) is 3.90. The van der Waals surface area contributed by atoms with Crippen molar-refractivity contribution in [3.05, 3.63) is 83.4 Å². The average molecular weight is 482 g/mol. The van der Waals surface area contributed by atoms with Crippen LogP contribution in [-0.2, 0) is 10.0 Å². The van der Waals surface area contributed by atoms with Gasteiger partial charge in [-0.2, -0.15) is 0 Å². The van der Waals surface area contributed by atoms with Crippen LogP contribution in [0.4, 0.5) is 0 Å². The van der Waals surface area contributed by atoms with Crippen LogP contribution in [-0.4, -0.2) is 37.5 Å². The molecule has 34 heavy (non-hydrogen) atoms. The minimum atomic E-state index is -3.30. The molecule has 1 unspecified atom stereocenters. The number of allylic oxidation sites excluding steroid dienone is 1. The maximum absolute atomic E-state index is 11.4. The van der Waals surface area contributed by atoms with Gasteiger partial charge in [0.1, 0.15) is 35.7 Å². The third-order valence-corrected chi connectivity index (χ3v) is 6.36. The molecule has 0 saturated heterocycles. The molecule has 0 aromatic heterocycles. The molecule has 8 heteroatoms. The molecule has 0 fully saturated rings. The minimum absolute atomic E-state index is 0.150. The van der Waals surface area contributed by atoms with Crippen molar-refractivity contribution < 1.29 is 28.1 Å². The van der Waals surface area contributed by atoms with Crippen LogP contribution >= 0.6 is 0 Å². The Kier molecular flexibility index (Phi) is 6.54. The van der Waals surface area contributed by atoms with Crippen molar-refractivity contribution in [2.24, 2.45) is 0 Å². The van der Waals surface area contributed by atoms with Crippen LogP contribution < -0.4 is 14.2 Å². The molecule has 3 N–H and O–H groups in total. The lowest BCUT2D eigenvalue weighted by atomic mass is 9.86. The minimum Gasteiger partial charge on any atom is -0.508 e. The van der Waals surface area contributed by atoms with Crippen molar-refractivity contribution in [3.63, 3.8) is 0 Å². The average Bonchev–Trinajstić information content (AvgIpc) is 2.77. The van der Waals surface area contributed by atoms with Gasteiger partial charge in [0.25, 0.3) is 0 Å². The van der Waals surface area contributed by atoms with Crippen LogP contribution in [0.5, 0.6) is 23.0 Å². The summed E-state index contributed by atoms with van der Waals surface area (Å²) in [5.41, 5.74) is 4.31. The van der Waals surface area contributed by atoms with Gasteiger partial charge in [0, 0.05) is 11.1 Å². The molecule has 1 aliphatic heterocycles. The quantitative estimate of drug-likeness (QED) is 0.460. The zero-order valence-electron chi connectivity index (χ0n) is 19.1. The van der Waals surface area contributed by atoms with Crippen LogP contribution in [0.1, 0.15) is 36.6 Å². The molecule has 2 atom stereocenters. The normalized spacial score (nSPS) is 16.5. The van der Waals surface area contributed by atoms with Gasteiger partial charge in [0.15, 0.2) is 0 Å². The Bertz CT molecular complexity index is 1330. The Morgan fingerprint density at radius 3 is 2.41 bits per heavy atom. The van der Waals surface area contributed by atoms with Gasteiger partial charge in [0.05, 0.1) is 12.3 Å². The molecule has 1 heterocycles. The first-order valence-electron chi connectivity index (χ1n) is 10.8. The number of aromatic hydroxyl groups is 2. The maximum atomic E-state index is 11.4. The van der Waals surface area contributed by atoms with Gasteiger partial charge in [-0.15, -0.1) is 0 Å². The number of hydrogen-bond donors (Lipinski definition) is 3. The first kappa shape index (κ1) is 23.7. The fraction of sp³-hybridized carbons (Fsp3) is 0.231. The SMILES string of the molecule is CC1=C(c2cccc(O)c2)C(c2ccc(OC[C@H](C)NS(C)(=O)=O)cc2)Oc2ccc(O)cc21. The lowest BCUT2D eigenvalue weighted by Gasteiger charge is -2.31. The number of nitrogens with one attached hydrogen (secondary N) is 1. The monoisotopic (exact) mass is 481 g/mol.